The second-order valence-electron chi connectivity index (χ2n) is 9.17. The summed E-state index contributed by atoms with van der Waals surface area (Å²) in [6.45, 7) is 4.52. The van der Waals surface area contributed by atoms with Crippen LogP contribution in [-0.2, 0) is 9.59 Å². The Balaban J connectivity index is 1.71. The van der Waals surface area contributed by atoms with E-state index in [1.807, 2.05) is 0 Å². The third-order valence-corrected chi connectivity index (χ3v) is 8.26. The smallest absolute Gasteiger partial charge is 0.137 e. The fraction of sp³-hybridized carbons (Fsp3) is 0.762. The van der Waals surface area contributed by atoms with Gasteiger partial charge in [0.25, 0.3) is 0 Å². The molecule has 6 atom stereocenters. The van der Waals surface area contributed by atoms with Gasteiger partial charge in [-0.2, -0.15) is 5.26 Å². The number of allylic oxidation sites excluding steroid dienone is 2. The summed E-state index contributed by atoms with van der Waals surface area (Å²) in [5, 5.41) is 9.11. The molecular formula is C21H27NO2. The molecule has 3 heteroatoms. The lowest BCUT2D eigenvalue weighted by Crippen LogP contribution is -2.56. The van der Waals surface area contributed by atoms with Crippen LogP contribution in [0.1, 0.15) is 65.2 Å². The van der Waals surface area contributed by atoms with E-state index in [0.717, 1.165) is 32.1 Å². The van der Waals surface area contributed by atoms with Crippen LogP contribution in [0.3, 0.4) is 0 Å². The van der Waals surface area contributed by atoms with Gasteiger partial charge >= 0.3 is 0 Å². The van der Waals surface area contributed by atoms with Crippen molar-refractivity contribution in [2.24, 2.45) is 34.5 Å². The Morgan fingerprint density at radius 1 is 1.17 bits per heavy atom. The third-order valence-electron chi connectivity index (χ3n) is 8.26. The number of nitriles is 1. The van der Waals surface area contributed by atoms with E-state index in [9.17, 15) is 9.59 Å². The highest BCUT2D eigenvalue weighted by Crippen LogP contribution is 2.66. The highest BCUT2D eigenvalue weighted by Gasteiger charge is 2.62. The summed E-state index contributed by atoms with van der Waals surface area (Å²) in [7, 11) is 0. The molecule has 128 valence electrons. The zero-order valence-corrected chi connectivity index (χ0v) is 14.8. The maximum absolute atomic E-state index is 13.3. The van der Waals surface area contributed by atoms with Crippen LogP contribution < -0.4 is 0 Å². The standard InChI is InChI=1S/C21H27NO2/c1-20-9-7-15(23)11-14(20)3-5-16-17-6-4-13(8-10-22)21(17,2)12-18(24)19(16)20/h8,14,16-17,19H,3-7,9,11-12H2,1-2H3/b13-8-/t14-,16-,17-,19+,20-,21+/m0/s1. The number of hydrogen-bond acceptors (Lipinski definition) is 3. The Morgan fingerprint density at radius 3 is 2.71 bits per heavy atom. The van der Waals surface area contributed by atoms with E-state index in [-0.39, 0.29) is 16.7 Å². The van der Waals surface area contributed by atoms with Crippen molar-refractivity contribution in [3.05, 3.63) is 11.6 Å². The van der Waals surface area contributed by atoms with E-state index in [4.69, 9.17) is 5.26 Å². The lowest BCUT2D eigenvalue weighted by atomic mass is 9.45. The van der Waals surface area contributed by atoms with Gasteiger partial charge in [-0.25, -0.2) is 0 Å². The molecule has 0 amide bonds. The lowest BCUT2D eigenvalue weighted by Gasteiger charge is -2.58. The van der Waals surface area contributed by atoms with Crippen molar-refractivity contribution in [2.45, 2.75) is 65.2 Å². The number of carbonyl (C=O) groups excluding carboxylic acids is 2. The minimum absolute atomic E-state index is 0.0247. The van der Waals surface area contributed by atoms with E-state index < -0.39 is 0 Å². The highest BCUT2D eigenvalue weighted by atomic mass is 16.1. The van der Waals surface area contributed by atoms with E-state index in [0.29, 0.717) is 48.6 Å². The lowest BCUT2D eigenvalue weighted by molar-refractivity contribution is -0.156. The van der Waals surface area contributed by atoms with Crippen molar-refractivity contribution in [1.82, 2.24) is 0 Å². The Hall–Kier alpha value is -1.43. The summed E-state index contributed by atoms with van der Waals surface area (Å²) in [4.78, 5) is 25.2. The first kappa shape index (κ1) is 16.1. The normalized spacial score (nSPS) is 49.3. The largest absolute Gasteiger partial charge is 0.300 e. The maximum atomic E-state index is 13.3. The van der Waals surface area contributed by atoms with Gasteiger partial charge in [-0.1, -0.05) is 19.4 Å². The van der Waals surface area contributed by atoms with Gasteiger partial charge in [0.1, 0.15) is 11.6 Å². The Morgan fingerprint density at radius 2 is 1.96 bits per heavy atom. The van der Waals surface area contributed by atoms with E-state index in [1.54, 1.807) is 6.08 Å². The molecule has 4 rings (SSSR count). The molecule has 0 unspecified atom stereocenters. The summed E-state index contributed by atoms with van der Waals surface area (Å²) < 4.78 is 0. The highest BCUT2D eigenvalue weighted by molar-refractivity contribution is 5.86. The van der Waals surface area contributed by atoms with Gasteiger partial charge in [0.2, 0.25) is 0 Å². The van der Waals surface area contributed by atoms with Crippen molar-refractivity contribution in [1.29, 1.82) is 5.26 Å². The van der Waals surface area contributed by atoms with Gasteiger partial charge in [0.05, 0.1) is 6.07 Å². The first-order chi connectivity index (χ1) is 11.4. The number of carbonyl (C=O) groups is 2. The minimum Gasteiger partial charge on any atom is -0.300 e. The predicted molar refractivity (Wildman–Crippen MR) is 90.8 cm³/mol. The van der Waals surface area contributed by atoms with Crippen LogP contribution in [-0.4, -0.2) is 11.6 Å². The Bertz CT molecular complexity index is 672. The summed E-state index contributed by atoms with van der Waals surface area (Å²) in [5.74, 6) is 2.34. The summed E-state index contributed by atoms with van der Waals surface area (Å²) in [6, 6.07) is 2.20. The molecule has 4 saturated carbocycles. The molecule has 0 bridgehead atoms. The second kappa shape index (κ2) is 5.28. The van der Waals surface area contributed by atoms with E-state index >= 15 is 0 Å². The minimum atomic E-state index is -0.0956. The fourth-order valence-electron chi connectivity index (χ4n) is 7.02. The fourth-order valence-corrected chi connectivity index (χ4v) is 7.02. The number of rotatable bonds is 0. The van der Waals surface area contributed by atoms with Gasteiger partial charge in [-0.05, 0) is 60.7 Å². The molecule has 24 heavy (non-hydrogen) atoms. The first-order valence-corrected chi connectivity index (χ1v) is 9.53. The van der Waals surface area contributed by atoms with Crippen LogP contribution in [0, 0.1) is 45.8 Å². The van der Waals surface area contributed by atoms with E-state index in [1.165, 1.54) is 5.57 Å². The molecule has 0 aromatic carbocycles. The number of nitrogens with zero attached hydrogens (tertiary/aromatic N) is 1. The van der Waals surface area contributed by atoms with Crippen LogP contribution in [0.4, 0.5) is 0 Å². The molecule has 4 fully saturated rings. The molecule has 4 aliphatic rings. The second-order valence-corrected chi connectivity index (χ2v) is 9.17. The van der Waals surface area contributed by atoms with Crippen molar-refractivity contribution >= 4 is 11.6 Å². The van der Waals surface area contributed by atoms with Crippen LogP contribution in [0.5, 0.6) is 0 Å². The van der Waals surface area contributed by atoms with E-state index in [2.05, 4.69) is 19.9 Å². The van der Waals surface area contributed by atoms with Gasteiger partial charge < -0.3 is 0 Å². The number of fused-ring (bicyclic) bond motifs is 5. The SMILES string of the molecule is C[C@]12CCC(=O)C[C@@H]1CC[C@@H]1[C@@H]2C(=O)C[C@]2(C)/C(=C\C#N)CC[C@@H]12. The number of ketones is 2. The zero-order chi connectivity index (χ0) is 17.1. The summed E-state index contributed by atoms with van der Waals surface area (Å²) in [6.07, 6.45) is 8.84. The number of Topliss-reactive ketones (excluding diaryl/α,β-unsaturated/α-hetero) is 2. The summed E-state index contributed by atoms with van der Waals surface area (Å²) in [5.41, 5.74) is 1.13. The molecular weight excluding hydrogens is 298 g/mol. The summed E-state index contributed by atoms with van der Waals surface area (Å²) >= 11 is 0. The zero-order valence-electron chi connectivity index (χ0n) is 14.8. The molecule has 0 spiro atoms. The molecule has 0 aromatic heterocycles. The van der Waals surface area contributed by atoms with Crippen LogP contribution in [0.2, 0.25) is 0 Å². The van der Waals surface area contributed by atoms with Gasteiger partial charge in [-0.15, -0.1) is 0 Å². The Labute approximate surface area is 144 Å². The topological polar surface area (TPSA) is 57.9 Å². The molecule has 0 N–H and O–H groups in total. The maximum Gasteiger partial charge on any atom is 0.137 e. The van der Waals surface area contributed by atoms with Crippen LogP contribution >= 0.6 is 0 Å². The van der Waals surface area contributed by atoms with Crippen molar-refractivity contribution < 1.29 is 9.59 Å². The molecule has 3 nitrogen and oxygen atoms in total. The van der Waals surface area contributed by atoms with Gasteiger partial charge in [0.15, 0.2) is 0 Å². The Kier molecular flexibility index (Phi) is 3.53. The molecule has 0 aromatic rings. The van der Waals surface area contributed by atoms with Gasteiger partial charge in [0, 0.05) is 31.3 Å². The van der Waals surface area contributed by atoms with Crippen molar-refractivity contribution in [2.75, 3.05) is 0 Å². The predicted octanol–water partition coefficient (Wildman–Crippen LogP) is 4.23. The monoisotopic (exact) mass is 325 g/mol. The molecule has 0 saturated heterocycles. The van der Waals surface area contributed by atoms with Crippen molar-refractivity contribution in [3.63, 3.8) is 0 Å². The number of hydrogen-bond donors (Lipinski definition) is 0. The molecule has 0 heterocycles. The average molecular weight is 325 g/mol. The first-order valence-electron chi connectivity index (χ1n) is 9.53. The molecule has 4 aliphatic carbocycles. The third kappa shape index (κ3) is 2.01. The quantitative estimate of drug-likeness (QED) is 0.626. The van der Waals surface area contributed by atoms with Crippen LogP contribution in [0.15, 0.2) is 11.6 Å². The van der Waals surface area contributed by atoms with Gasteiger partial charge in [-0.3, -0.25) is 9.59 Å². The average Bonchev–Trinajstić information content (AvgIpc) is 2.84. The molecule has 0 radical (unpaired) electrons. The van der Waals surface area contributed by atoms with Crippen molar-refractivity contribution in [3.8, 4) is 6.07 Å². The molecule has 0 aliphatic heterocycles. The van der Waals surface area contributed by atoms with Crippen LogP contribution in [0.25, 0.3) is 0 Å².